The topological polar surface area (TPSA) is 70.7 Å². The summed E-state index contributed by atoms with van der Waals surface area (Å²) in [5.41, 5.74) is 0.0138. The van der Waals surface area contributed by atoms with Gasteiger partial charge in [0.05, 0.1) is 18.8 Å². The van der Waals surface area contributed by atoms with Gasteiger partial charge in [0.15, 0.2) is 0 Å². The summed E-state index contributed by atoms with van der Waals surface area (Å²) in [6.07, 6.45) is 0.723. The van der Waals surface area contributed by atoms with Crippen molar-refractivity contribution < 1.29 is 18.7 Å². The Kier molecular flexibility index (Phi) is 8.53. The second-order valence-corrected chi connectivity index (χ2v) is 5.48. The number of rotatable bonds is 9. The molecule has 0 radical (unpaired) electrons. The van der Waals surface area contributed by atoms with Gasteiger partial charge in [0.2, 0.25) is 11.8 Å². The molecule has 2 N–H and O–H groups in total. The molecule has 0 aliphatic carbocycles. The van der Waals surface area contributed by atoms with Crippen molar-refractivity contribution in [1.82, 2.24) is 10.2 Å². The Morgan fingerprint density at radius 3 is 2.70 bits per heavy atom. The molecule has 1 aromatic rings. The fourth-order valence-electron chi connectivity index (χ4n) is 1.83. The third-order valence-electron chi connectivity index (χ3n) is 2.88. The Labute approximate surface area is 139 Å². The minimum Gasteiger partial charge on any atom is -0.385 e. The highest BCUT2D eigenvalue weighted by molar-refractivity contribution is 6.30. The first-order valence-corrected chi connectivity index (χ1v) is 7.49. The fourth-order valence-corrected chi connectivity index (χ4v) is 2.00. The van der Waals surface area contributed by atoms with E-state index in [1.165, 1.54) is 23.1 Å². The van der Waals surface area contributed by atoms with Crippen molar-refractivity contribution in [1.29, 1.82) is 0 Å². The van der Waals surface area contributed by atoms with Crippen molar-refractivity contribution in [3.63, 3.8) is 0 Å². The summed E-state index contributed by atoms with van der Waals surface area (Å²) in [6, 6.07) is 3.90. The van der Waals surface area contributed by atoms with Gasteiger partial charge in [-0.25, -0.2) is 4.39 Å². The number of amides is 2. The van der Waals surface area contributed by atoms with Crippen molar-refractivity contribution in [3.05, 3.63) is 29.0 Å². The molecule has 0 aromatic heterocycles. The minimum atomic E-state index is -0.568. The van der Waals surface area contributed by atoms with Gasteiger partial charge in [0.25, 0.3) is 0 Å². The molecular weight excluding hydrogens is 325 g/mol. The highest BCUT2D eigenvalue weighted by Gasteiger charge is 2.12. The van der Waals surface area contributed by atoms with E-state index in [1.54, 1.807) is 14.2 Å². The zero-order valence-electron chi connectivity index (χ0n) is 13.2. The maximum atomic E-state index is 13.5. The van der Waals surface area contributed by atoms with Crippen LogP contribution in [0.25, 0.3) is 0 Å². The van der Waals surface area contributed by atoms with Crippen LogP contribution in [0.5, 0.6) is 0 Å². The number of ether oxygens (including phenoxy) is 1. The van der Waals surface area contributed by atoms with E-state index >= 15 is 0 Å². The number of methoxy groups -OCH3 is 1. The monoisotopic (exact) mass is 345 g/mol. The SMILES string of the molecule is COCCCNC(=O)CN(C)CC(=O)Nc1cc(Cl)ccc1F. The van der Waals surface area contributed by atoms with E-state index in [1.807, 2.05) is 0 Å². The van der Waals surface area contributed by atoms with E-state index in [0.29, 0.717) is 18.2 Å². The first-order valence-electron chi connectivity index (χ1n) is 7.11. The Balaban J connectivity index is 2.35. The normalized spacial score (nSPS) is 10.7. The van der Waals surface area contributed by atoms with Crippen molar-refractivity contribution in [2.24, 2.45) is 0 Å². The van der Waals surface area contributed by atoms with Gasteiger partial charge < -0.3 is 15.4 Å². The lowest BCUT2D eigenvalue weighted by Gasteiger charge is -2.16. The average molecular weight is 346 g/mol. The Morgan fingerprint density at radius 2 is 2.00 bits per heavy atom. The lowest BCUT2D eigenvalue weighted by molar-refractivity contribution is -0.123. The van der Waals surface area contributed by atoms with Gasteiger partial charge in [-0.15, -0.1) is 0 Å². The van der Waals surface area contributed by atoms with Gasteiger partial charge >= 0.3 is 0 Å². The summed E-state index contributed by atoms with van der Waals surface area (Å²) in [7, 11) is 3.22. The van der Waals surface area contributed by atoms with Crippen LogP contribution in [0.3, 0.4) is 0 Å². The molecule has 0 unspecified atom stereocenters. The second-order valence-electron chi connectivity index (χ2n) is 5.04. The molecule has 1 rings (SSSR count). The number of hydrogen-bond donors (Lipinski definition) is 2. The number of likely N-dealkylation sites (N-methyl/N-ethyl adjacent to an activating group) is 1. The highest BCUT2D eigenvalue weighted by Crippen LogP contribution is 2.19. The number of nitrogens with zero attached hydrogens (tertiary/aromatic N) is 1. The quantitative estimate of drug-likeness (QED) is 0.665. The average Bonchev–Trinajstić information content (AvgIpc) is 2.47. The zero-order valence-corrected chi connectivity index (χ0v) is 14.0. The molecule has 8 heteroatoms. The Morgan fingerprint density at radius 1 is 1.30 bits per heavy atom. The molecular formula is C15H21ClFN3O3. The van der Waals surface area contributed by atoms with E-state index in [2.05, 4.69) is 10.6 Å². The first-order chi connectivity index (χ1) is 10.9. The predicted molar refractivity (Wildman–Crippen MR) is 87.0 cm³/mol. The molecule has 0 spiro atoms. The van der Waals surface area contributed by atoms with Gasteiger partial charge in [-0.05, 0) is 31.7 Å². The Bertz CT molecular complexity index is 543. The molecule has 6 nitrogen and oxygen atoms in total. The molecule has 1 aromatic carbocycles. The minimum absolute atomic E-state index is 0.0138. The van der Waals surface area contributed by atoms with E-state index in [9.17, 15) is 14.0 Å². The summed E-state index contributed by atoms with van der Waals surface area (Å²) in [5, 5.41) is 5.47. The highest BCUT2D eigenvalue weighted by atomic mass is 35.5. The Hall–Kier alpha value is -1.70. The standard InChI is InChI=1S/C15H21ClFN3O3/c1-20(9-14(21)18-6-3-7-23-2)10-15(22)19-13-8-11(16)4-5-12(13)17/h4-5,8H,3,6-7,9-10H2,1-2H3,(H,18,21)(H,19,22). The van der Waals surface area contributed by atoms with Crippen molar-refractivity contribution in [2.45, 2.75) is 6.42 Å². The third-order valence-corrected chi connectivity index (χ3v) is 3.11. The first kappa shape index (κ1) is 19.3. The van der Waals surface area contributed by atoms with E-state index < -0.39 is 11.7 Å². The number of nitrogens with one attached hydrogen (secondary N) is 2. The van der Waals surface area contributed by atoms with Gasteiger partial charge in [-0.1, -0.05) is 11.6 Å². The summed E-state index contributed by atoms with van der Waals surface area (Å²) in [6.45, 7) is 1.11. The summed E-state index contributed by atoms with van der Waals surface area (Å²) in [5.74, 6) is -1.19. The van der Waals surface area contributed by atoms with Gasteiger partial charge in [-0.3, -0.25) is 14.5 Å². The van der Waals surface area contributed by atoms with Gasteiger partial charge in [0.1, 0.15) is 5.82 Å². The van der Waals surface area contributed by atoms with Crippen LogP contribution in [0.1, 0.15) is 6.42 Å². The third kappa shape index (κ3) is 7.92. The van der Waals surface area contributed by atoms with Crippen molar-refractivity contribution in [2.75, 3.05) is 45.7 Å². The fraction of sp³-hybridized carbons (Fsp3) is 0.467. The lowest BCUT2D eigenvalue weighted by Crippen LogP contribution is -2.39. The van der Waals surface area contributed by atoms with Crippen LogP contribution in [-0.2, 0) is 14.3 Å². The molecule has 0 saturated heterocycles. The van der Waals surface area contributed by atoms with Gasteiger partial charge in [0, 0.05) is 25.3 Å². The maximum Gasteiger partial charge on any atom is 0.238 e. The summed E-state index contributed by atoms with van der Waals surface area (Å²) >= 11 is 5.76. The molecule has 0 fully saturated rings. The van der Waals surface area contributed by atoms with Crippen LogP contribution in [-0.4, -0.2) is 57.1 Å². The predicted octanol–water partition coefficient (Wildman–Crippen LogP) is 1.50. The molecule has 128 valence electrons. The molecule has 0 saturated carbocycles. The number of halogens is 2. The molecule has 0 bridgehead atoms. The van der Waals surface area contributed by atoms with Crippen LogP contribution >= 0.6 is 11.6 Å². The molecule has 0 aliphatic rings. The molecule has 23 heavy (non-hydrogen) atoms. The smallest absolute Gasteiger partial charge is 0.238 e. The summed E-state index contributed by atoms with van der Waals surface area (Å²) in [4.78, 5) is 25.0. The number of hydrogen-bond acceptors (Lipinski definition) is 4. The van der Waals surface area contributed by atoms with Crippen LogP contribution in [0, 0.1) is 5.82 Å². The van der Waals surface area contributed by atoms with Crippen molar-refractivity contribution in [3.8, 4) is 0 Å². The number of benzene rings is 1. The summed E-state index contributed by atoms with van der Waals surface area (Å²) < 4.78 is 18.4. The number of carbonyl (C=O) groups excluding carboxylic acids is 2. The van der Waals surface area contributed by atoms with Crippen LogP contribution in [0.15, 0.2) is 18.2 Å². The van der Waals surface area contributed by atoms with E-state index in [-0.39, 0.29) is 24.7 Å². The lowest BCUT2D eigenvalue weighted by atomic mass is 10.3. The van der Waals surface area contributed by atoms with Gasteiger partial charge in [-0.2, -0.15) is 0 Å². The van der Waals surface area contributed by atoms with Crippen LogP contribution in [0.4, 0.5) is 10.1 Å². The molecule has 0 heterocycles. The van der Waals surface area contributed by atoms with E-state index in [0.717, 1.165) is 6.42 Å². The zero-order chi connectivity index (χ0) is 17.2. The van der Waals surface area contributed by atoms with Crippen molar-refractivity contribution >= 4 is 29.1 Å². The largest absolute Gasteiger partial charge is 0.385 e. The van der Waals surface area contributed by atoms with Crippen LogP contribution in [0.2, 0.25) is 5.02 Å². The van der Waals surface area contributed by atoms with Crippen LogP contribution < -0.4 is 10.6 Å². The number of carbonyl (C=O) groups is 2. The molecule has 0 aliphatic heterocycles. The number of anilines is 1. The van der Waals surface area contributed by atoms with E-state index in [4.69, 9.17) is 16.3 Å². The second kappa shape index (κ2) is 10.1. The molecule has 0 atom stereocenters. The maximum absolute atomic E-state index is 13.5. The molecule has 2 amide bonds.